The number of thioether (sulfide) groups is 1. The number of amides is 1. The van der Waals surface area contributed by atoms with Gasteiger partial charge in [0.25, 0.3) is 0 Å². The number of aryl methyl sites for hydroxylation is 1. The lowest BCUT2D eigenvalue weighted by Gasteiger charge is -2.11. The molecule has 1 fully saturated rings. The largest absolute Gasteiger partial charge is 0.325 e. The van der Waals surface area contributed by atoms with Crippen molar-refractivity contribution < 1.29 is 13.2 Å². The maximum Gasteiger partial charge on any atom is 0.242 e. The van der Waals surface area contributed by atoms with Gasteiger partial charge in [0.15, 0.2) is 9.84 Å². The van der Waals surface area contributed by atoms with Crippen molar-refractivity contribution in [1.29, 1.82) is 0 Å². The maximum absolute atomic E-state index is 11.9. The highest BCUT2D eigenvalue weighted by molar-refractivity contribution is 7.99. The zero-order valence-corrected chi connectivity index (χ0v) is 13.0. The normalized spacial score (nSPS) is 22.9. The van der Waals surface area contributed by atoms with Crippen LogP contribution >= 0.6 is 24.2 Å². The Kier molecular flexibility index (Phi) is 4.63. The van der Waals surface area contributed by atoms with Crippen LogP contribution in [0.4, 0.5) is 5.69 Å². The van der Waals surface area contributed by atoms with Gasteiger partial charge in [-0.05, 0) is 24.1 Å². The summed E-state index contributed by atoms with van der Waals surface area (Å²) in [6.45, 7) is 0. The molecule has 8 heteroatoms. The first-order chi connectivity index (χ1) is 9.06. The standard InChI is InChI=1S/C12H14N2O3S2.ClH/c15-12(10-6-18-7-13-10)14-9-2-1-8-3-4-19(16,17)11(8)5-9;/h1-2,5,10,13H,3-4,6-7H2,(H,14,15);1H. The van der Waals surface area contributed by atoms with Crippen LogP contribution in [0.5, 0.6) is 0 Å². The zero-order chi connectivity index (χ0) is 13.5. The number of carbonyl (C=O) groups excluding carboxylic acids is 1. The molecule has 5 nitrogen and oxygen atoms in total. The van der Waals surface area contributed by atoms with E-state index in [1.54, 1.807) is 30.0 Å². The Morgan fingerprint density at radius 3 is 2.90 bits per heavy atom. The van der Waals surface area contributed by atoms with Crippen molar-refractivity contribution in [1.82, 2.24) is 5.32 Å². The number of hydrogen-bond donors (Lipinski definition) is 2. The summed E-state index contributed by atoms with van der Waals surface area (Å²) < 4.78 is 23.6. The van der Waals surface area contributed by atoms with Crippen LogP contribution in [0, 0.1) is 0 Å². The molecule has 1 saturated heterocycles. The first kappa shape index (κ1) is 15.6. The third-order valence-electron chi connectivity index (χ3n) is 3.34. The van der Waals surface area contributed by atoms with Crippen molar-refractivity contribution in [3.05, 3.63) is 23.8 Å². The van der Waals surface area contributed by atoms with E-state index < -0.39 is 9.84 Å². The Morgan fingerprint density at radius 1 is 1.40 bits per heavy atom. The second-order valence-corrected chi connectivity index (χ2v) is 7.76. The van der Waals surface area contributed by atoms with E-state index in [-0.39, 0.29) is 30.1 Å². The maximum atomic E-state index is 11.9. The predicted molar refractivity (Wildman–Crippen MR) is 82.3 cm³/mol. The summed E-state index contributed by atoms with van der Waals surface area (Å²) in [5, 5.41) is 5.85. The molecule has 1 amide bonds. The number of hydrogen-bond acceptors (Lipinski definition) is 5. The fraction of sp³-hybridized carbons (Fsp3) is 0.417. The molecular weight excluding hydrogens is 320 g/mol. The van der Waals surface area contributed by atoms with Crippen molar-refractivity contribution in [2.75, 3.05) is 22.7 Å². The topological polar surface area (TPSA) is 75.3 Å². The van der Waals surface area contributed by atoms with E-state index in [1.807, 2.05) is 0 Å². The molecule has 2 heterocycles. The van der Waals surface area contributed by atoms with E-state index in [1.165, 1.54) is 0 Å². The number of carbonyl (C=O) groups is 1. The van der Waals surface area contributed by atoms with Gasteiger partial charge in [0.2, 0.25) is 5.91 Å². The lowest BCUT2D eigenvalue weighted by Crippen LogP contribution is -2.37. The van der Waals surface area contributed by atoms with Gasteiger partial charge in [-0.2, -0.15) is 0 Å². The van der Waals surface area contributed by atoms with Crippen LogP contribution in [0.2, 0.25) is 0 Å². The summed E-state index contributed by atoms with van der Waals surface area (Å²) in [7, 11) is -3.15. The average molecular weight is 335 g/mol. The first-order valence-corrected chi connectivity index (χ1v) is 8.85. The van der Waals surface area contributed by atoms with Crippen LogP contribution in [0.1, 0.15) is 5.56 Å². The lowest BCUT2D eigenvalue weighted by molar-refractivity contribution is -0.117. The van der Waals surface area contributed by atoms with Gasteiger partial charge in [-0.1, -0.05) is 6.07 Å². The highest BCUT2D eigenvalue weighted by Crippen LogP contribution is 2.28. The van der Waals surface area contributed by atoms with Crippen molar-refractivity contribution in [2.45, 2.75) is 17.4 Å². The molecule has 0 saturated carbocycles. The molecule has 20 heavy (non-hydrogen) atoms. The molecule has 110 valence electrons. The first-order valence-electron chi connectivity index (χ1n) is 6.04. The number of benzene rings is 1. The summed E-state index contributed by atoms with van der Waals surface area (Å²) in [6, 6.07) is 4.92. The van der Waals surface area contributed by atoms with Crippen molar-refractivity contribution in [2.24, 2.45) is 0 Å². The fourth-order valence-corrected chi connectivity index (χ4v) is 4.80. The quantitative estimate of drug-likeness (QED) is 0.845. The van der Waals surface area contributed by atoms with E-state index in [0.717, 1.165) is 17.2 Å². The molecule has 3 rings (SSSR count). The molecule has 0 aliphatic carbocycles. The Balaban J connectivity index is 0.00000147. The van der Waals surface area contributed by atoms with Crippen LogP contribution in [-0.4, -0.2) is 37.7 Å². The molecule has 2 aliphatic rings. The number of nitrogens with one attached hydrogen (secondary N) is 2. The minimum Gasteiger partial charge on any atom is -0.325 e. The Bertz CT molecular complexity index is 628. The van der Waals surface area contributed by atoms with Gasteiger partial charge in [0.05, 0.1) is 16.7 Å². The average Bonchev–Trinajstić information content (AvgIpc) is 2.99. The number of sulfone groups is 1. The highest BCUT2D eigenvalue weighted by atomic mass is 35.5. The van der Waals surface area contributed by atoms with Gasteiger partial charge in [-0.3, -0.25) is 10.1 Å². The highest BCUT2D eigenvalue weighted by Gasteiger charge is 2.27. The molecular formula is C12H15ClN2O3S2. The van der Waals surface area contributed by atoms with Gasteiger partial charge in [0.1, 0.15) is 0 Å². The van der Waals surface area contributed by atoms with Gasteiger partial charge >= 0.3 is 0 Å². The van der Waals surface area contributed by atoms with Crippen molar-refractivity contribution >= 4 is 45.6 Å². The predicted octanol–water partition coefficient (Wildman–Crippen LogP) is 1.04. The molecule has 1 unspecified atom stereocenters. The molecule has 0 spiro atoms. The summed E-state index contributed by atoms with van der Waals surface area (Å²) in [5.74, 6) is 1.58. The van der Waals surface area contributed by atoms with E-state index in [2.05, 4.69) is 10.6 Å². The van der Waals surface area contributed by atoms with Gasteiger partial charge in [-0.15, -0.1) is 24.2 Å². The zero-order valence-electron chi connectivity index (χ0n) is 10.6. The fourth-order valence-electron chi connectivity index (χ4n) is 2.28. The third-order valence-corrected chi connectivity index (χ3v) is 6.07. The Morgan fingerprint density at radius 2 is 2.20 bits per heavy atom. The number of halogens is 1. The number of rotatable bonds is 2. The number of anilines is 1. The summed E-state index contributed by atoms with van der Waals surface area (Å²) >= 11 is 1.67. The number of fused-ring (bicyclic) bond motifs is 1. The molecule has 0 radical (unpaired) electrons. The molecule has 2 N–H and O–H groups in total. The summed E-state index contributed by atoms with van der Waals surface area (Å²) in [5.41, 5.74) is 1.39. The van der Waals surface area contributed by atoms with Gasteiger partial charge < -0.3 is 5.32 Å². The van der Waals surface area contributed by atoms with Gasteiger partial charge in [-0.25, -0.2) is 8.42 Å². The SMILES string of the molecule is Cl.O=C(Nc1ccc2c(c1)S(=O)(=O)CC2)C1CSCN1. The third kappa shape index (κ3) is 2.95. The van der Waals surface area contributed by atoms with E-state index in [9.17, 15) is 13.2 Å². The van der Waals surface area contributed by atoms with E-state index in [4.69, 9.17) is 0 Å². The smallest absolute Gasteiger partial charge is 0.242 e. The van der Waals surface area contributed by atoms with Crippen LogP contribution < -0.4 is 10.6 Å². The van der Waals surface area contributed by atoms with E-state index in [0.29, 0.717) is 17.0 Å². The Hall–Kier alpha value is -0.760. The summed E-state index contributed by atoms with van der Waals surface area (Å²) in [6.07, 6.45) is 0.562. The second-order valence-electron chi connectivity index (χ2n) is 4.65. The Labute approximate surface area is 128 Å². The lowest BCUT2D eigenvalue weighted by atomic mass is 10.1. The molecule has 1 aromatic rings. The minimum absolute atomic E-state index is 0. The van der Waals surface area contributed by atoms with E-state index >= 15 is 0 Å². The molecule has 0 bridgehead atoms. The second kappa shape index (κ2) is 5.93. The van der Waals surface area contributed by atoms with Crippen LogP contribution in [0.3, 0.4) is 0 Å². The molecule has 1 aromatic carbocycles. The van der Waals surface area contributed by atoms with Crippen molar-refractivity contribution in [3.63, 3.8) is 0 Å². The molecule has 1 atom stereocenters. The van der Waals surface area contributed by atoms with Crippen LogP contribution in [0.15, 0.2) is 23.1 Å². The molecule has 2 aliphatic heterocycles. The summed E-state index contributed by atoms with van der Waals surface area (Å²) in [4.78, 5) is 12.3. The van der Waals surface area contributed by atoms with Gasteiger partial charge in [0, 0.05) is 17.3 Å². The monoisotopic (exact) mass is 334 g/mol. The molecule has 0 aromatic heterocycles. The van der Waals surface area contributed by atoms with Crippen LogP contribution in [-0.2, 0) is 21.1 Å². The van der Waals surface area contributed by atoms with Crippen molar-refractivity contribution in [3.8, 4) is 0 Å². The van der Waals surface area contributed by atoms with Crippen LogP contribution in [0.25, 0.3) is 0 Å². The minimum atomic E-state index is -3.15.